The summed E-state index contributed by atoms with van der Waals surface area (Å²) >= 11 is 1.49. The van der Waals surface area contributed by atoms with Crippen LogP contribution < -0.4 is 19.1 Å². The summed E-state index contributed by atoms with van der Waals surface area (Å²) in [5, 5.41) is 2.83. The fraction of sp³-hybridized carbons (Fsp3) is 0.208. The minimum atomic E-state index is -4.10. The lowest BCUT2D eigenvalue weighted by Crippen LogP contribution is -2.38. The number of nitrogens with zero attached hydrogens (tertiary/aromatic N) is 1. The van der Waals surface area contributed by atoms with Crippen molar-refractivity contribution in [1.82, 2.24) is 0 Å². The van der Waals surface area contributed by atoms with Gasteiger partial charge in [-0.25, -0.2) is 8.42 Å². The number of ether oxygens (including phenoxy) is 2. The summed E-state index contributed by atoms with van der Waals surface area (Å²) in [4.78, 5) is 13.8. The van der Waals surface area contributed by atoms with Crippen LogP contribution in [-0.2, 0) is 14.8 Å². The van der Waals surface area contributed by atoms with E-state index in [1.807, 2.05) is 31.4 Å². The predicted molar refractivity (Wildman–Crippen MR) is 132 cm³/mol. The van der Waals surface area contributed by atoms with Crippen molar-refractivity contribution in [2.75, 3.05) is 36.6 Å². The Kier molecular flexibility index (Phi) is 7.88. The van der Waals surface area contributed by atoms with Crippen LogP contribution in [0.4, 0.5) is 11.4 Å². The lowest BCUT2D eigenvalue weighted by molar-refractivity contribution is -0.114. The third-order valence-corrected chi connectivity index (χ3v) is 7.50. The summed E-state index contributed by atoms with van der Waals surface area (Å²) in [7, 11) is -1.19. The van der Waals surface area contributed by atoms with E-state index in [-0.39, 0.29) is 10.6 Å². The van der Waals surface area contributed by atoms with Crippen molar-refractivity contribution in [2.45, 2.75) is 16.7 Å². The van der Waals surface area contributed by atoms with Crippen molar-refractivity contribution in [3.63, 3.8) is 0 Å². The van der Waals surface area contributed by atoms with Gasteiger partial charge in [0.2, 0.25) is 5.91 Å². The molecule has 0 spiro atoms. The van der Waals surface area contributed by atoms with E-state index in [1.54, 1.807) is 30.3 Å². The van der Waals surface area contributed by atoms with Gasteiger partial charge in [-0.3, -0.25) is 9.10 Å². The maximum Gasteiger partial charge on any atom is 0.264 e. The Morgan fingerprint density at radius 2 is 1.64 bits per heavy atom. The van der Waals surface area contributed by atoms with Gasteiger partial charge in [0.25, 0.3) is 10.0 Å². The molecule has 0 bridgehead atoms. The number of carbonyl (C=O) groups is 1. The number of anilines is 2. The summed E-state index contributed by atoms with van der Waals surface area (Å²) in [5.74, 6) is 0.228. The zero-order valence-corrected chi connectivity index (χ0v) is 20.5. The molecule has 0 aliphatic heterocycles. The largest absolute Gasteiger partial charge is 0.493 e. The molecule has 0 saturated heterocycles. The van der Waals surface area contributed by atoms with Crippen molar-refractivity contribution in [3.05, 3.63) is 72.3 Å². The number of thioether (sulfide) groups is 1. The molecule has 0 fully saturated rings. The Hall–Kier alpha value is -3.17. The molecular formula is C24H26N2O5S2. The average molecular weight is 487 g/mol. The molecule has 1 amide bonds. The number of hydrogen-bond donors (Lipinski definition) is 1. The first kappa shape index (κ1) is 24.5. The average Bonchev–Trinajstić information content (AvgIpc) is 2.83. The van der Waals surface area contributed by atoms with E-state index in [1.165, 1.54) is 44.2 Å². The smallest absolute Gasteiger partial charge is 0.264 e. The second kappa shape index (κ2) is 10.6. The predicted octanol–water partition coefficient (Wildman–Crippen LogP) is 4.57. The molecule has 174 valence electrons. The lowest BCUT2D eigenvalue weighted by atomic mass is 10.2. The van der Waals surface area contributed by atoms with Gasteiger partial charge in [-0.2, -0.15) is 0 Å². The fourth-order valence-corrected chi connectivity index (χ4v) is 5.19. The Bertz CT molecular complexity index is 1230. The first-order chi connectivity index (χ1) is 15.8. The third-order valence-electron chi connectivity index (χ3n) is 4.93. The molecule has 3 rings (SSSR count). The first-order valence-corrected chi connectivity index (χ1v) is 12.7. The molecule has 0 aliphatic carbocycles. The Morgan fingerprint density at radius 3 is 2.27 bits per heavy atom. The molecule has 0 saturated carbocycles. The zero-order valence-electron chi connectivity index (χ0n) is 18.9. The highest BCUT2D eigenvalue weighted by molar-refractivity contribution is 7.98. The van der Waals surface area contributed by atoms with Crippen LogP contribution in [0.1, 0.15) is 5.56 Å². The maximum atomic E-state index is 13.6. The van der Waals surface area contributed by atoms with Crippen LogP contribution in [0.25, 0.3) is 0 Å². The van der Waals surface area contributed by atoms with Crippen molar-refractivity contribution >= 4 is 39.1 Å². The number of aryl methyl sites for hydroxylation is 1. The zero-order chi connectivity index (χ0) is 24.0. The van der Waals surface area contributed by atoms with E-state index in [2.05, 4.69) is 5.32 Å². The van der Waals surface area contributed by atoms with E-state index in [4.69, 9.17) is 9.47 Å². The van der Waals surface area contributed by atoms with Crippen molar-refractivity contribution in [1.29, 1.82) is 0 Å². The van der Waals surface area contributed by atoms with Gasteiger partial charge in [-0.15, -0.1) is 11.8 Å². The monoisotopic (exact) mass is 486 g/mol. The highest BCUT2D eigenvalue weighted by Gasteiger charge is 2.28. The van der Waals surface area contributed by atoms with Crippen LogP contribution >= 0.6 is 11.8 Å². The molecule has 1 N–H and O–H groups in total. The molecule has 7 nitrogen and oxygen atoms in total. The number of methoxy groups -OCH3 is 2. The molecule has 0 unspecified atom stereocenters. The lowest BCUT2D eigenvalue weighted by Gasteiger charge is -2.25. The quantitative estimate of drug-likeness (QED) is 0.446. The molecule has 3 aromatic rings. The van der Waals surface area contributed by atoms with Crippen LogP contribution in [0.2, 0.25) is 0 Å². The van der Waals surface area contributed by atoms with E-state index < -0.39 is 22.5 Å². The number of rotatable bonds is 9. The van der Waals surface area contributed by atoms with Crippen LogP contribution in [0.5, 0.6) is 11.5 Å². The normalized spacial score (nSPS) is 11.0. The maximum absolute atomic E-state index is 13.6. The SMILES string of the molecule is COc1ccc(S(=O)(=O)N(CC(=O)Nc2ccccc2SC)c2ccc(C)cc2)cc1OC. The van der Waals surface area contributed by atoms with Crippen molar-refractivity contribution in [2.24, 2.45) is 0 Å². The summed E-state index contributed by atoms with van der Waals surface area (Å²) < 4.78 is 38.9. The molecule has 0 aromatic heterocycles. The minimum absolute atomic E-state index is 0.0157. The molecule has 0 radical (unpaired) electrons. The second-order valence-corrected chi connectivity index (χ2v) is 9.82. The molecule has 0 heterocycles. The summed E-state index contributed by atoms with van der Waals surface area (Å²) in [6.45, 7) is 1.51. The van der Waals surface area contributed by atoms with Gasteiger partial charge >= 0.3 is 0 Å². The van der Waals surface area contributed by atoms with Crippen molar-refractivity contribution in [3.8, 4) is 11.5 Å². The topological polar surface area (TPSA) is 84.9 Å². The van der Waals surface area contributed by atoms with Crippen LogP contribution in [-0.4, -0.2) is 41.3 Å². The third kappa shape index (κ3) is 5.61. The van der Waals surface area contributed by atoms with Gasteiger partial charge in [0.1, 0.15) is 6.54 Å². The molecule has 33 heavy (non-hydrogen) atoms. The number of benzene rings is 3. The van der Waals surface area contributed by atoms with Gasteiger partial charge in [-0.1, -0.05) is 29.8 Å². The van der Waals surface area contributed by atoms with E-state index in [9.17, 15) is 13.2 Å². The molecular weight excluding hydrogens is 460 g/mol. The first-order valence-electron chi connectivity index (χ1n) is 10.0. The van der Waals surface area contributed by atoms with Gasteiger partial charge < -0.3 is 14.8 Å². The van der Waals surface area contributed by atoms with Gasteiger partial charge in [0, 0.05) is 11.0 Å². The molecule has 3 aromatic carbocycles. The fourth-order valence-electron chi connectivity index (χ4n) is 3.20. The van der Waals surface area contributed by atoms with Crippen LogP contribution in [0.3, 0.4) is 0 Å². The van der Waals surface area contributed by atoms with E-state index in [0.29, 0.717) is 17.1 Å². The number of carbonyl (C=O) groups excluding carboxylic acids is 1. The van der Waals surface area contributed by atoms with Crippen LogP contribution in [0.15, 0.2) is 76.5 Å². The van der Waals surface area contributed by atoms with Gasteiger partial charge in [0.05, 0.1) is 30.5 Å². The van der Waals surface area contributed by atoms with Crippen LogP contribution in [0, 0.1) is 6.92 Å². The van der Waals surface area contributed by atoms with E-state index in [0.717, 1.165) is 14.8 Å². The summed E-state index contributed by atoms with van der Waals surface area (Å²) in [5.41, 5.74) is 1.98. The Morgan fingerprint density at radius 1 is 0.970 bits per heavy atom. The highest BCUT2D eigenvalue weighted by Crippen LogP contribution is 2.32. The molecule has 0 aliphatic rings. The van der Waals surface area contributed by atoms with E-state index >= 15 is 0 Å². The second-order valence-electron chi connectivity index (χ2n) is 7.11. The number of sulfonamides is 1. The number of amides is 1. The van der Waals surface area contributed by atoms with Crippen molar-refractivity contribution < 1.29 is 22.7 Å². The standard InChI is InChI=1S/C24H26N2O5S2/c1-17-9-11-18(12-10-17)26(16-24(27)25-20-7-5-6-8-23(20)32-4)33(28,29)19-13-14-21(30-2)22(15-19)31-3/h5-15H,16H2,1-4H3,(H,25,27). The van der Waals surface area contributed by atoms with Gasteiger partial charge in [0.15, 0.2) is 11.5 Å². The number of para-hydroxylation sites is 1. The molecule has 0 atom stereocenters. The highest BCUT2D eigenvalue weighted by atomic mass is 32.2. The summed E-state index contributed by atoms with van der Waals surface area (Å²) in [6, 6.07) is 18.6. The number of nitrogens with one attached hydrogen (secondary N) is 1. The Labute approximate surface area is 198 Å². The number of hydrogen-bond acceptors (Lipinski definition) is 6. The summed E-state index contributed by atoms with van der Waals surface area (Å²) in [6.07, 6.45) is 1.91. The molecule has 9 heteroatoms. The van der Waals surface area contributed by atoms with Gasteiger partial charge in [-0.05, 0) is 49.6 Å². The minimum Gasteiger partial charge on any atom is -0.493 e. The Balaban J connectivity index is 1.99.